The fourth-order valence-corrected chi connectivity index (χ4v) is 4.85. The number of thioether (sulfide) groups is 1. The molecule has 2 heterocycles. The maximum atomic E-state index is 12.4. The first kappa shape index (κ1) is 18.5. The van der Waals surface area contributed by atoms with E-state index < -0.39 is 5.72 Å². The van der Waals surface area contributed by atoms with Crippen molar-refractivity contribution in [2.75, 3.05) is 12.3 Å². The van der Waals surface area contributed by atoms with Crippen molar-refractivity contribution in [3.8, 4) is 0 Å². The average molecular weight is 429 g/mol. The van der Waals surface area contributed by atoms with Crippen LogP contribution in [0, 0.1) is 0 Å². The SMILES string of the molecule is O=C1CC[C@]2(c3ccc(Cl)c(Cl)c3)O[C@H](CSc3ccc(Cl)cc3)CN12. The van der Waals surface area contributed by atoms with Crippen LogP contribution in [0.2, 0.25) is 15.1 Å². The van der Waals surface area contributed by atoms with E-state index in [1.807, 2.05) is 41.3 Å². The van der Waals surface area contributed by atoms with Crippen LogP contribution in [0.25, 0.3) is 0 Å². The van der Waals surface area contributed by atoms with E-state index in [2.05, 4.69) is 0 Å². The Hall–Kier alpha value is -0.910. The summed E-state index contributed by atoms with van der Waals surface area (Å²) in [4.78, 5) is 15.4. The molecule has 2 aromatic rings. The lowest BCUT2D eigenvalue weighted by atomic mass is 10.0. The zero-order valence-corrected chi connectivity index (χ0v) is 16.8. The summed E-state index contributed by atoms with van der Waals surface area (Å²) in [5.74, 6) is 0.879. The number of hydrogen-bond donors (Lipinski definition) is 0. The summed E-state index contributed by atoms with van der Waals surface area (Å²) in [6.07, 6.45) is 1.07. The maximum Gasteiger partial charge on any atom is 0.225 e. The highest BCUT2D eigenvalue weighted by Gasteiger charge is 2.54. The number of carbonyl (C=O) groups is 1. The quantitative estimate of drug-likeness (QED) is 0.593. The summed E-state index contributed by atoms with van der Waals surface area (Å²) >= 11 is 19.9. The smallest absolute Gasteiger partial charge is 0.225 e. The van der Waals surface area contributed by atoms with Crippen molar-refractivity contribution in [2.45, 2.75) is 29.6 Å². The van der Waals surface area contributed by atoms with Gasteiger partial charge >= 0.3 is 0 Å². The first-order chi connectivity index (χ1) is 12.5. The second kappa shape index (κ2) is 7.25. The van der Waals surface area contributed by atoms with Gasteiger partial charge in [-0.05, 0) is 36.4 Å². The molecule has 1 amide bonds. The summed E-state index contributed by atoms with van der Waals surface area (Å²) in [7, 11) is 0. The van der Waals surface area contributed by atoms with Gasteiger partial charge in [0, 0.05) is 34.1 Å². The Morgan fingerprint density at radius 2 is 1.88 bits per heavy atom. The molecule has 2 atom stereocenters. The van der Waals surface area contributed by atoms with Gasteiger partial charge in [-0.25, -0.2) is 0 Å². The lowest BCUT2D eigenvalue weighted by molar-refractivity contribution is -0.139. The topological polar surface area (TPSA) is 29.5 Å². The summed E-state index contributed by atoms with van der Waals surface area (Å²) in [6.45, 7) is 0.583. The predicted molar refractivity (Wildman–Crippen MR) is 106 cm³/mol. The van der Waals surface area contributed by atoms with Crippen molar-refractivity contribution < 1.29 is 9.53 Å². The Morgan fingerprint density at radius 1 is 1.12 bits per heavy atom. The molecule has 7 heteroatoms. The number of halogens is 3. The highest BCUT2D eigenvalue weighted by molar-refractivity contribution is 7.99. The van der Waals surface area contributed by atoms with E-state index in [0.29, 0.717) is 29.4 Å². The minimum absolute atomic E-state index is 0.0469. The van der Waals surface area contributed by atoms with E-state index >= 15 is 0 Å². The summed E-state index contributed by atoms with van der Waals surface area (Å²) < 4.78 is 6.43. The van der Waals surface area contributed by atoms with Crippen LogP contribution in [-0.4, -0.2) is 29.2 Å². The number of benzene rings is 2. The molecule has 2 aliphatic rings. The van der Waals surface area contributed by atoms with Crippen molar-refractivity contribution in [3.63, 3.8) is 0 Å². The third-order valence-electron chi connectivity index (χ3n) is 4.78. The molecule has 0 aliphatic carbocycles. The maximum absolute atomic E-state index is 12.4. The fraction of sp³-hybridized carbons (Fsp3) is 0.316. The largest absolute Gasteiger partial charge is 0.345 e. The number of hydrogen-bond acceptors (Lipinski definition) is 3. The molecule has 136 valence electrons. The van der Waals surface area contributed by atoms with Gasteiger partial charge in [0.1, 0.15) is 0 Å². The van der Waals surface area contributed by atoms with Crippen molar-refractivity contribution in [2.24, 2.45) is 0 Å². The summed E-state index contributed by atoms with van der Waals surface area (Å²) in [5, 5.41) is 1.69. The highest BCUT2D eigenvalue weighted by atomic mass is 35.5. The van der Waals surface area contributed by atoms with Gasteiger partial charge in [-0.15, -0.1) is 11.8 Å². The molecular formula is C19H16Cl3NO2S. The van der Waals surface area contributed by atoms with E-state index in [4.69, 9.17) is 39.5 Å². The van der Waals surface area contributed by atoms with E-state index in [1.54, 1.807) is 17.8 Å². The Labute approximate surface area is 171 Å². The van der Waals surface area contributed by atoms with Crippen LogP contribution < -0.4 is 0 Å². The van der Waals surface area contributed by atoms with Gasteiger partial charge in [-0.1, -0.05) is 40.9 Å². The number of rotatable bonds is 4. The Bertz CT molecular complexity index is 845. The molecule has 2 saturated heterocycles. The minimum Gasteiger partial charge on any atom is -0.345 e. The molecule has 0 unspecified atom stereocenters. The van der Waals surface area contributed by atoms with Crippen molar-refractivity contribution in [1.82, 2.24) is 4.90 Å². The zero-order valence-electron chi connectivity index (χ0n) is 13.8. The molecular weight excluding hydrogens is 413 g/mol. The monoisotopic (exact) mass is 427 g/mol. The number of fused-ring (bicyclic) bond motifs is 1. The first-order valence-corrected chi connectivity index (χ1v) is 10.4. The highest BCUT2D eigenvalue weighted by Crippen LogP contribution is 2.47. The van der Waals surface area contributed by atoms with Crippen LogP contribution in [-0.2, 0) is 15.3 Å². The molecule has 0 saturated carbocycles. The molecule has 26 heavy (non-hydrogen) atoms. The zero-order chi connectivity index (χ0) is 18.3. The molecule has 2 fully saturated rings. The Balaban J connectivity index is 1.54. The predicted octanol–water partition coefficient (Wildman–Crippen LogP) is 5.61. The molecule has 0 spiro atoms. The fourth-order valence-electron chi connectivity index (χ4n) is 3.55. The number of carbonyl (C=O) groups excluding carboxylic acids is 1. The van der Waals surface area contributed by atoms with E-state index in [1.165, 1.54) is 0 Å². The molecule has 2 aromatic carbocycles. The second-order valence-electron chi connectivity index (χ2n) is 6.42. The van der Waals surface area contributed by atoms with Gasteiger partial charge in [0.15, 0.2) is 5.72 Å². The normalized spacial score (nSPS) is 25.0. The lowest BCUT2D eigenvalue weighted by Crippen LogP contribution is -2.38. The standard InChI is InChI=1S/C19H16Cl3NO2S/c20-13-2-4-15(5-3-13)26-11-14-10-23-18(24)7-8-19(23,25-14)12-1-6-16(21)17(22)9-12/h1-6,9,14H,7-8,10-11H2/t14-,19+/m0/s1. The van der Waals surface area contributed by atoms with Crippen LogP contribution in [0.1, 0.15) is 18.4 Å². The van der Waals surface area contributed by atoms with Crippen molar-refractivity contribution >= 4 is 52.5 Å². The van der Waals surface area contributed by atoms with Crippen molar-refractivity contribution in [3.05, 3.63) is 63.1 Å². The van der Waals surface area contributed by atoms with Gasteiger partial charge in [0.05, 0.1) is 22.7 Å². The molecule has 2 aliphatic heterocycles. The van der Waals surface area contributed by atoms with Crippen molar-refractivity contribution in [1.29, 1.82) is 0 Å². The molecule has 3 nitrogen and oxygen atoms in total. The van der Waals surface area contributed by atoms with Gasteiger partial charge in [-0.3, -0.25) is 4.79 Å². The number of nitrogens with zero attached hydrogens (tertiary/aromatic N) is 1. The second-order valence-corrected chi connectivity index (χ2v) is 8.77. The molecule has 4 rings (SSSR count). The molecule has 0 N–H and O–H groups in total. The summed E-state index contributed by atoms with van der Waals surface area (Å²) in [6, 6.07) is 13.2. The first-order valence-electron chi connectivity index (χ1n) is 8.30. The Morgan fingerprint density at radius 3 is 2.62 bits per heavy atom. The van der Waals surface area contributed by atoms with Crippen LogP contribution in [0.4, 0.5) is 0 Å². The lowest BCUT2D eigenvalue weighted by Gasteiger charge is -2.31. The third-order valence-corrected chi connectivity index (χ3v) is 6.92. The van der Waals surface area contributed by atoms with Crippen LogP contribution >= 0.6 is 46.6 Å². The molecule has 0 aromatic heterocycles. The van der Waals surface area contributed by atoms with Crippen LogP contribution in [0.5, 0.6) is 0 Å². The van der Waals surface area contributed by atoms with Gasteiger partial charge < -0.3 is 9.64 Å². The van der Waals surface area contributed by atoms with E-state index in [0.717, 1.165) is 21.2 Å². The number of ether oxygens (including phenoxy) is 1. The van der Waals surface area contributed by atoms with Gasteiger partial charge in [-0.2, -0.15) is 0 Å². The van der Waals surface area contributed by atoms with Gasteiger partial charge in [0.2, 0.25) is 5.91 Å². The molecule has 0 radical (unpaired) electrons. The average Bonchev–Trinajstić information content (AvgIpc) is 3.15. The summed E-state index contributed by atoms with van der Waals surface area (Å²) in [5.41, 5.74) is 0.160. The van der Waals surface area contributed by atoms with E-state index in [9.17, 15) is 4.79 Å². The van der Waals surface area contributed by atoms with E-state index in [-0.39, 0.29) is 12.0 Å². The van der Waals surface area contributed by atoms with Gasteiger partial charge in [0.25, 0.3) is 0 Å². The van der Waals surface area contributed by atoms with Crippen LogP contribution in [0.15, 0.2) is 47.4 Å². The number of amides is 1. The van der Waals surface area contributed by atoms with Crippen LogP contribution in [0.3, 0.4) is 0 Å². The third kappa shape index (κ3) is 3.34. The molecule has 0 bridgehead atoms. The minimum atomic E-state index is -0.726. The Kier molecular flexibility index (Phi) is 5.15.